The van der Waals surface area contributed by atoms with Crippen LogP contribution in [0.2, 0.25) is 0 Å². The SMILES string of the molecule is Nc1cc(C(=O)Nc2ccc(Br)cc2)ccc1[N+](=O)[O-]. The Bertz CT molecular complexity index is 671. The third-order valence-corrected chi connectivity index (χ3v) is 3.12. The van der Waals surface area contributed by atoms with E-state index < -0.39 is 4.92 Å². The lowest BCUT2D eigenvalue weighted by molar-refractivity contribution is -0.383. The Kier molecular flexibility index (Phi) is 3.99. The van der Waals surface area contributed by atoms with Crippen LogP contribution in [0.1, 0.15) is 10.4 Å². The number of rotatable bonds is 3. The molecule has 0 heterocycles. The van der Waals surface area contributed by atoms with E-state index in [0.29, 0.717) is 5.69 Å². The van der Waals surface area contributed by atoms with Gasteiger partial charge in [-0.15, -0.1) is 0 Å². The standard InChI is InChI=1S/C13H10BrN3O3/c14-9-2-4-10(5-3-9)16-13(18)8-1-6-12(17(19)20)11(15)7-8/h1-7H,15H2,(H,16,18). The zero-order valence-corrected chi connectivity index (χ0v) is 11.8. The van der Waals surface area contributed by atoms with Crippen molar-refractivity contribution in [2.75, 3.05) is 11.1 Å². The number of halogens is 1. The van der Waals surface area contributed by atoms with Crippen molar-refractivity contribution < 1.29 is 9.72 Å². The lowest BCUT2D eigenvalue weighted by atomic mass is 10.1. The number of carbonyl (C=O) groups excluding carboxylic acids is 1. The summed E-state index contributed by atoms with van der Waals surface area (Å²) in [5.74, 6) is -0.381. The molecular formula is C13H10BrN3O3. The molecule has 7 heteroatoms. The van der Waals surface area contributed by atoms with Crippen LogP contribution >= 0.6 is 15.9 Å². The van der Waals surface area contributed by atoms with Gasteiger partial charge in [-0.1, -0.05) is 15.9 Å². The number of nitrogens with zero attached hydrogens (tertiary/aromatic N) is 1. The number of nitrogens with two attached hydrogens (primary N) is 1. The van der Waals surface area contributed by atoms with Gasteiger partial charge in [0.05, 0.1) is 4.92 Å². The van der Waals surface area contributed by atoms with Crippen LogP contribution in [0.15, 0.2) is 46.9 Å². The summed E-state index contributed by atoms with van der Waals surface area (Å²) in [5, 5.41) is 13.3. The fourth-order valence-electron chi connectivity index (χ4n) is 1.60. The van der Waals surface area contributed by atoms with Crippen molar-refractivity contribution in [3.63, 3.8) is 0 Å². The second-order valence-electron chi connectivity index (χ2n) is 3.99. The van der Waals surface area contributed by atoms with E-state index in [-0.39, 0.29) is 22.8 Å². The van der Waals surface area contributed by atoms with Gasteiger partial charge in [0.25, 0.3) is 11.6 Å². The number of benzene rings is 2. The molecule has 0 aliphatic heterocycles. The minimum Gasteiger partial charge on any atom is -0.393 e. The van der Waals surface area contributed by atoms with Gasteiger partial charge >= 0.3 is 0 Å². The Morgan fingerprint density at radius 3 is 2.40 bits per heavy atom. The van der Waals surface area contributed by atoms with Crippen molar-refractivity contribution in [3.8, 4) is 0 Å². The van der Waals surface area contributed by atoms with Gasteiger partial charge in [-0.3, -0.25) is 14.9 Å². The van der Waals surface area contributed by atoms with Crippen molar-refractivity contribution in [3.05, 3.63) is 62.6 Å². The Morgan fingerprint density at radius 1 is 1.20 bits per heavy atom. The number of anilines is 2. The fraction of sp³-hybridized carbons (Fsp3) is 0. The Balaban J connectivity index is 2.19. The summed E-state index contributed by atoms with van der Waals surface area (Å²) >= 11 is 3.29. The third-order valence-electron chi connectivity index (χ3n) is 2.59. The summed E-state index contributed by atoms with van der Waals surface area (Å²) in [6.45, 7) is 0. The Hall–Kier alpha value is -2.41. The zero-order valence-electron chi connectivity index (χ0n) is 10.2. The molecule has 0 radical (unpaired) electrons. The first-order valence-electron chi connectivity index (χ1n) is 5.58. The first kappa shape index (κ1) is 14.0. The normalized spacial score (nSPS) is 10.1. The summed E-state index contributed by atoms with van der Waals surface area (Å²) < 4.78 is 0.898. The maximum absolute atomic E-state index is 12.0. The van der Waals surface area contributed by atoms with E-state index in [4.69, 9.17) is 5.73 Å². The highest BCUT2D eigenvalue weighted by Gasteiger charge is 2.14. The summed E-state index contributed by atoms with van der Waals surface area (Å²) in [4.78, 5) is 22.0. The smallest absolute Gasteiger partial charge is 0.292 e. The van der Waals surface area contributed by atoms with Crippen LogP contribution in [-0.4, -0.2) is 10.8 Å². The predicted octanol–water partition coefficient (Wildman–Crippen LogP) is 3.19. The van der Waals surface area contributed by atoms with Crippen LogP contribution in [0.3, 0.4) is 0 Å². The monoisotopic (exact) mass is 335 g/mol. The largest absolute Gasteiger partial charge is 0.393 e. The zero-order chi connectivity index (χ0) is 14.7. The predicted molar refractivity (Wildman–Crippen MR) is 79.6 cm³/mol. The highest BCUT2D eigenvalue weighted by atomic mass is 79.9. The van der Waals surface area contributed by atoms with Gasteiger partial charge in [-0.25, -0.2) is 0 Å². The quantitative estimate of drug-likeness (QED) is 0.511. The molecule has 0 unspecified atom stereocenters. The summed E-state index contributed by atoms with van der Waals surface area (Å²) in [6.07, 6.45) is 0. The Morgan fingerprint density at radius 2 is 1.85 bits per heavy atom. The van der Waals surface area contributed by atoms with E-state index in [1.54, 1.807) is 24.3 Å². The first-order valence-corrected chi connectivity index (χ1v) is 6.37. The van der Waals surface area contributed by atoms with Crippen LogP contribution in [0.5, 0.6) is 0 Å². The average molecular weight is 336 g/mol. The summed E-state index contributed by atoms with van der Waals surface area (Å²) in [5.41, 5.74) is 6.17. The number of nitro groups is 1. The van der Waals surface area contributed by atoms with Crippen molar-refractivity contribution in [2.45, 2.75) is 0 Å². The molecule has 0 spiro atoms. The molecule has 1 amide bonds. The molecule has 3 N–H and O–H groups in total. The molecule has 6 nitrogen and oxygen atoms in total. The minimum absolute atomic E-state index is 0.0431. The molecule has 2 aromatic carbocycles. The molecule has 2 rings (SSSR count). The van der Waals surface area contributed by atoms with Gasteiger partial charge in [-0.05, 0) is 36.4 Å². The molecule has 0 aliphatic carbocycles. The van der Waals surface area contributed by atoms with Gasteiger partial charge in [0.15, 0.2) is 0 Å². The molecule has 0 aliphatic rings. The van der Waals surface area contributed by atoms with E-state index >= 15 is 0 Å². The van der Waals surface area contributed by atoms with Gasteiger partial charge < -0.3 is 11.1 Å². The van der Waals surface area contributed by atoms with Gasteiger partial charge in [0.1, 0.15) is 5.69 Å². The van der Waals surface area contributed by atoms with E-state index in [2.05, 4.69) is 21.2 Å². The second kappa shape index (κ2) is 5.70. The molecule has 20 heavy (non-hydrogen) atoms. The highest BCUT2D eigenvalue weighted by Crippen LogP contribution is 2.23. The number of nitrogen functional groups attached to an aromatic ring is 1. The van der Waals surface area contributed by atoms with E-state index in [1.165, 1.54) is 18.2 Å². The second-order valence-corrected chi connectivity index (χ2v) is 4.91. The highest BCUT2D eigenvalue weighted by molar-refractivity contribution is 9.10. The Labute approximate surface area is 122 Å². The number of hydrogen-bond acceptors (Lipinski definition) is 4. The van der Waals surface area contributed by atoms with Gasteiger partial charge in [-0.2, -0.15) is 0 Å². The lowest BCUT2D eigenvalue weighted by Crippen LogP contribution is -2.12. The van der Waals surface area contributed by atoms with Crippen molar-refractivity contribution in [2.24, 2.45) is 0 Å². The molecule has 0 saturated carbocycles. The van der Waals surface area contributed by atoms with Crippen molar-refractivity contribution >= 4 is 38.9 Å². The first-order chi connectivity index (χ1) is 9.47. The van der Waals surface area contributed by atoms with E-state index in [9.17, 15) is 14.9 Å². The van der Waals surface area contributed by atoms with Crippen LogP contribution in [0, 0.1) is 10.1 Å². The summed E-state index contributed by atoms with van der Waals surface area (Å²) in [6, 6.07) is 10.9. The van der Waals surface area contributed by atoms with Gasteiger partial charge in [0.2, 0.25) is 0 Å². The number of carbonyl (C=O) groups is 1. The molecular weight excluding hydrogens is 326 g/mol. The van der Waals surface area contributed by atoms with E-state index in [1.807, 2.05) is 0 Å². The van der Waals surface area contributed by atoms with Crippen molar-refractivity contribution in [1.29, 1.82) is 0 Å². The third kappa shape index (κ3) is 3.12. The van der Waals surface area contributed by atoms with Crippen molar-refractivity contribution in [1.82, 2.24) is 0 Å². The molecule has 0 bridgehead atoms. The fourth-order valence-corrected chi connectivity index (χ4v) is 1.86. The number of nitro benzene ring substituents is 1. The molecule has 0 aromatic heterocycles. The summed E-state index contributed by atoms with van der Waals surface area (Å²) in [7, 11) is 0. The maximum Gasteiger partial charge on any atom is 0.292 e. The molecule has 0 atom stereocenters. The molecule has 0 fully saturated rings. The van der Waals surface area contributed by atoms with E-state index in [0.717, 1.165) is 4.47 Å². The number of nitrogens with one attached hydrogen (secondary N) is 1. The topological polar surface area (TPSA) is 98.3 Å². The molecule has 102 valence electrons. The van der Waals surface area contributed by atoms with Gasteiger partial charge in [0, 0.05) is 21.8 Å². The van der Waals surface area contributed by atoms with Crippen LogP contribution in [0.4, 0.5) is 17.1 Å². The minimum atomic E-state index is -0.592. The maximum atomic E-state index is 12.0. The van der Waals surface area contributed by atoms with Crippen LogP contribution in [-0.2, 0) is 0 Å². The number of amides is 1. The van der Waals surface area contributed by atoms with Crippen LogP contribution in [0.25, 0.3) is 0 Å². The average Bonchev–Trinajstić information content (AvgIpc) is 2.40. The molecule has 0 saturated heterocycles. The lowest BCUT2D eigenvalue weighted by Gasteiger charge is -2.06. The molecule has 2 aromatic rings. The van der Waals surface area contributed by atoms with Crippen LogP contribution < -0.4 is 11.1 Å². The number of hydrogen-bond donors (Lipinski definition) is 2.